The molecule has 0 saturated carbocycles. The minimum Gasteiger partial charge on any atom is -0.356 e. The van der Waals surface area contributed by atoms with E-state index in [1.165, 1.54) is 11.8 Å². The number of rotatable bonds is 10. The Balaban J connectivity index is 2.26. The first-order valence-corrected chi connectivity index (χ1v) is 7.62. The predicted octanol–water partition coefficient (Wildman–Crippen LogP) is 0.291. The number of carbonyl (C=O) groups excluding carboxylic acids is 1. The number of nitrogens with one attached hydrogen (secondary N) is 2. The summed E-state index contributed by atoms with van der Waals surface area (Å²) in [5.74, 6) is 0.757. The smallest absolute Gasteiger partial charge is 0.220 e. The maximum atomic E-state index is 11.3. The Hall–Kier alpha value is -1.15. The van der Waals surface area contributed by atoms with E-state index in [1.54, 1.807) is 4.68 Å². The fraction of sp³-hybridized carbons (Fsp3) is 0.818. The fourth-order valence-corrected chi connectivity index (χ4v) is 2.29. The van der Waals surface area contributed by atoms with E-state index < -0.39 is 0 Å². The molecule has 1 heterocycles. The van der Waals surface area contributed by atoms with E-state index in [4.69, 9.17) is 0 Å². The van der Waals surface area contributed by atoms with Gasteiger partial charge in [-0.3, -0.25) is 4.79 Å². The summed E-state index contributed by atoms with van der Waals surface area (Å²) in [6.07, 6.45) is 1.60. The number of hydrogen-bond acceptors (Lipinski definition) is 6. The molecule has 7 nitrogen and oxygen atoms in total. The third-order valence-corrected chi connectivity index (χ3v) is 3.32. The summed E-state index contributed by atoms with van der Waals surface area (Å²) in [6, 6.07) is 0. The third-order valence-electron chi connectivity index (χ3n) is 2.36. The molecule has 8 heteroatoms. The average Bonchev–Trinajstić information content (AvgIpc) is 2.83. The Kier molecular flexibility index (Phi) is 8.15. The molecule has 0 aliphatic carbocycles. The van der Waals surface area contributed by atoms with Gasteiger partial charge in [-0.1, -0.05) is 18.7 Å². The molecule has 0 unspecified atom stereocenters. The highest BCUT2D eigenvalue weighted by atomic mass is 32.2. The van der Waals surface area contributed by atoms with Crippen molar-refractivity contribution in [3.8, 4) is 0 Å². The molecule has 1 aromatic heterocycles. The monoisotopic (exact) mass is 286 g/mol. The number of carbonyl (C=O) groups is 1. The van der Waals surface area contributed by atoms with Gasteiger partial charge >= 0.3 is 0 Å². The molecule has 0 atom stereocenters. The average molecular weight is 286 g/mol. The van der Waals surface area contributed by atoms with Crippen LogP contribution in [0.2, 0.25) is 0 Å². The lowest BCUT2D eigenvalue weighted by Gasteiger charge is -2.05. The molecule has 0 radical (unpaired) electrons. The number of thioether (sulfide) groups is 1. The van der Waals surface area contributed by atoms with Crippen LogP contribution in [0.15, 0.2) is 5.16 Å². The van der Waals surface area contributed by atoms with Crippen LogP contribution >= 0.6 is 11.8 Å². The van der Waals surface area contributed by atoms with E-state index in [9.17, 15) is 4.79 Å². The highest BCUT2D eigenvalue weighted by Gasteiger charge is 2.07. The molecule has 1 rings (SSSR count). The van der Waals surface area contributed by atoms with E-state index in [0.717, 1.165) is 31.2 Å². The van der Waals surface area contributed by atoms with Crippen LogP contribution in [0.1, 0.15) is 26.7 Å². The SMILES string of the molecule is CCCNCCn1nnnc1SCCC(=O)NCC. The van der Waals surface area contributed by atoms with E-state index >= 15 is 0 Å². The summed E-state index contributed by atoms with van der Waals surface area (Å²) in [5, 5.41) is 18.4. The highest BCUT2D eigenvalue weighted by Crippen LogP contribution is 2.14. The van der Waals surface area contributed by atoms with Crippen LogP contribution in [-0.4, -0.2) is 51.5 Å². The Bertz CT molecular complexity index is 370. The molecule has 1 aromatic rings. The lowest BCUT2D eigenvalue weighted by atomic mass is 10.4. The number of tetrazole rings is 1. The van der Waals surface area contributed by atoms with Gasteiger partial charge in [0.05, 0.1) is 6.54 Å². The van der Waals surface area contributed by atoms with Crippen LogP contribution in [0.25, 0.3) is 0 Å². The first-order valence-electron chi connectivity index (χ1n) is 6.64. The summed E-state index contributed by atoms with van der Waals surface area (Å²) in [7, 11) is 0. The summed E-state index contributed by atoms with van der Waals surface area (Å²) >= 11 is 1.51. The van der Waals surface area contributed by atoms with Crippen molar-refractivity contribution < 1.29 is 4.79 Å². The van der Waals surface area contributed by atoms with Crippen molar-refractivity contribution in [2.45, 2.75) is 38.4 Å². The molecule has 0 aliphatic rings. The Morgan fingerprint density at radius 2 is 2.21 bits per heavy atom. The van der Waals surface area contributed by atoms with Crippen molar-refractivity contribution in [3.63, 3.8) is 0 Å². The van der Waals surface area contributed by atoms with Crippen LogP contribution in [0.3, 0.4) is 0 Å². The minimum absolute atomic E-state index is 0.0682. The third kappa shape index (κ3) is 6.53. The molecule has 0 spiro atoms. The van der Waals surface area contributed by atoms with Crippen LogP contribution < -0.4 is 10.6 Å². The van der Waals surface area contributed by atoms with Gasteiger partial charge in [0.1, 0.15) is 0 Å². The minimum atomic E-state index is 0.0682. The second-order valence-corrected chi connectivity index (χ2v) is 5.05. The van der Waals surface area contributed by atoms with Crippen molar-refractivity contribution in [2.24, 2.45) is 0 Å². The quantitative estimate of drug-likeness (QED) is 0.475. The molecule has 19 heavy (non-hydrogen) atoms. The van der Waals surface area contributed by atoms with Crippen LogP contribution in [-0.2, 0) is 11.3 Å². The molecule has 108 valence electrons. The zero-order valence-electron chi connectivity index (χ0n) is 11.6. The Morgan fingerprint density at radius 1 is 1.37 bits per heavy atom. The van der Waals surface area contributed by atoms with E-state index in [2.05, 4.69) is 33.1 Å². The number of amides is 1. The maximum absolute atomic E-state index is 11.3. The van der Waals surface area contributed by atoms with E-state index in [0.29, 0.717) is 18.7 Å². The van der Waals surface area contributed by atoms with Gasteiger partial charge < -0.3 is 10.6 Å². The van der Waals surface area contributed by atoms with Gasteiger partial charge in [-0.15, -0.1) is 5.10 Å². The zero-order valence-corrected chi connectivity index (χ0v) is 12.4. The van der Waals surface area contributed by atoms with Crippen molar-refractivity contribution >= 4 is 17.7 Å². The molecule has 0 aliphatic heterocycles. The number of hydrogen-bond donors (Lipinski definition) is 2. The lowest BCUT2D eigenvalue weighted by molar-refractivity contribution is -0.120. The van der Waals surface area contributed by atoms with E-state index in [1.807, 2.05) is 6.92 Å². The van der Waals surface area contributed by atoms with E-state index in [-0.39, 0.29) is 5.91 Å². The molecule has 2 N–H and O–H groups in total. The predicted molar refractivity (Wildman–Crippen MR) is 75.0 cm³/mol. The molecule has 0 bridgehead atoms. The van der Waals surface area contributed by atoms with Gasteiger partial charge in [0, 0.05) is 25.3 Å². The maximum Gasteiger partial charge on any atom is 0.220 e. The van der Waals surface area contributed by atoms with Crippen molar-refractivity contribution in [3.05, 3.63) is 0 Å². The largest absolute Gasteiger partial charge is 0.356 e. The van der Waals surface area contributed by atoms with Crippen molar-refractivity contribution in [1.82, 2.24) is 30.8 Å². The van der Waals surface area contributed by atoms with Crippen molar-refractivity contribution in [2.75, 3.05) is 25.4 Å². The van der Waals surface area contributed by atoms with Gasteiger partial charge in [-0.25, -0.2) is 4.68 Å². The standard InChI is InChI=1S/C11H22N6OS/c1-3-6-12-7-8-17-11(14-15-16-17)19-9-5-10(18)13-4-2/h12H,3-9H2,1-2H3,(H,13,18). The fourth-order valence-electron chi connectivity index (χ4n) is 1.45. The molecule has 0 fully saturated rings. The summed E-state index contributed by atoms with van der Waals surface area (Å²) in [6.45, 7) is 7.31. The first kappa shape index (κ1) is 15.9. The first-order chi connectivity index (χ1) is 9.27. The molecule has 0 aromatic carbocycles. The molecular weight excluding hydrogens is 264 g/mol. The zero-order chi connectivity index (χ0) is 13.9. The Labute approximate surface area is 117 Å². The summed E-state index contributed by atoms with van der Waals surface area (Å²) in [4.78, 5) is 11.3. The summed E-state index contributed by atoms with van der Waals surface area (Å²) < 4.78 is 1.77. The molecule has 1 amide bonds. The molecular formula is C11H22N6OS. The van der Waals surface area contributed by atoms with Gasteiger partial charge in [0.25, 0.3) is 0 Å². The van der Waals surface area contributed by atoms with Gasteiger partial charge in [0.2, 0.25) is 11.1 Å². The van der Waals surface area contributed by atoms with Crippen LogP contribution in [0.4, 0.5) is 0 Å². The Morgan fingerprint density at radius 3 is 2.95 bits per heavy atom. The van der Waals surface area contributed by atoms with Gasteiger partial charge in [-0.05, 0) is 30.3 Å². The number of nitrogens with zero attached hydrogens (tertiary/aromatic N) is 4. The van der Waals surface area contributed by atoms with Gasteiger partial charge in [-0.2, -0.15) is 0 Å². The lowest BCUT2D eigenvalue weighted by Crippen LogP contribution is -2.23. The highest BCUT2D eigenvalue weighted by molar-refractivity contribution is 7.99. The van der Waals surface area contributed by atoms with Crippen LogP contribution in [0.5, 0.6) is 0 Å². The second-order valence-electron chi connectivity index (χ2n) is 3.99. The number of aromatic nitrogens is 4. The second kappa shape index (κ2) is 9.74. The van der Waals surface area contributed by atoms with Gasteiger partial charge in [0.15, 0.2) is 0 Å². The van der Waals surface area contributed by atoms with Crippen LogP contribution in [0, 0.1) is 0 Å². The molecule has 0 saturated heterocycles. The van der Waals surface area contributed by atoms with Crippen molar-refractivity contribution in [1.29, 1.82) is 0 Å². The summed E-state index contributed by atoms with van der Waals surface area (Å²) in [5.41, 5.74) is 0. The topological polar surface area (TPSA) is 84.7 Å². The normalized spacial score (nSPS) is 10.6.